The first kappa shape index (κ1) is 20.4. The van der Waals surface area contributed by atoms with Gasteiger partial charge in [0.05, 0.1) is 0 Å². The molecule has 0 aliphatic carbocycles. The number of amides is 2. The summed E-state index contributed by atoms with van der Waals surface area (Å²) in [6.45, 7) is 5.34. The Morgan fingerprint density at radius 3 is 2.60 bits per heavy atom. The molecule has 30 heavy (non-hydrogen) atoms. The number of ether oxygens (including phenoxy) is 1. The number of carbonyl (C=O) groups excluding carboxylic acids is 1. The van der Waals surface area contributed by atoms with Crippen LogP contribution in [0.25, 0.3) is 0 Å². The summed E-state index contributed by atoms with van der Waals surface area (Å²) < 4.78 is 6.14. The number of para-hydroxylation sites is 1. The SMILES string of the molecule is Cc1ccc(NC(=O)N2CCS[C@@H]2c2ccccc2OCc2ccccc2)cc1C. The Labute approximate surface area is 182 Å². The standard InChI is InChI=1S/C25H26N2O2S/c1-18-12-13-21(16-19(18)2)26-25(28)27-14-15-30-24(27)22-10-6-7-11-23(22)29-17-20-8-4-3-5-9-20/h3-13,16,24H,14-15,17H2,1-2H3,(H,26,28)/t24-/m1/s1. The van der Waals surface area contributed by atoms with Crippen LogP contribution < -0.4 is 10.1 Å². The van der Waals surface area contributed by atoms with Gasteiger partial charge in [-0.2, -0.15) is 0 Å². The van der Waals surface area contributed by atoms with E-state index in [1.807, 2.05) is 59.5 Å². The zero-order valence-corrected chi connectivity index (χ0v) is 18.1. The highest BCUT2D eigenvalue weighted by molar-refractivity contribution is 7.99. The third-order valence-corrected chi connectivity index (χ3v) is 6.57. The fourth-order valence-electron chi connectivity index (χ4n) is 3.50. The first-order valence-electron chi connectivity index (χ1n) is 10.1. The van der Waals surface area contributed by atoms with Gasteiger partial charge in [-0.25, -0.2) is 4.79 Å². The van der Waals surface area contributed by atoms with Crippen LogP contribution in [0.5, 0.6) is 5.75 Å². The lowest BCUT2D eigenvalue weighted by atomic mass is 10.1. The first-order valence-corrected chi connectivity index (χ1v) is 11.2. The zero-order valence-electron chi connectivity index (χ0n) is 17.3. The quantitative estimate of drug-likeness (QED) is 0.539. The fraction of sp³-hybridized carbons (Fsp3) is 0.240. The third-order valence-electron chi connectivity index (χ3n) is 5.33. The monoisotopic (exact) mass is 418 g/mol. The summed E-state index contributed by atoms with van der Waals surface area (Å²) in [4.78, 5) is 14.9. The molecule has 0 bridgehead atoms. The number of thioether (sulfide) groups is 1. The largest absolute Gasteiger partial charge is 0.489 e. The smallest absolute Gasteiger partial charge is 0.323 e. The number of hydrogen-bond acceptors (Lipinski definition) is 3. The van der Waals surface area contributed by atoms with E-state index >= 15 is 0 Å². The summed E-state index contributed by atoms with van der Waals surface area (Å²) in [6.07, 6.45) is 0. The minimum Gasteiger partial charge on any atom is -0.489 e. The number of aryl methyl sites for hydroxylation is 2. The van der Waals surface area contributed by atoms with Crippen molar-refractivity contribution in [2.75, 3.05) is 17.6 Å². The van der Waals surface area contributed by atoms with Crippen molar-refractivity contribution >= 4 is 23.5 Å². The van der Waals surface area contributed by atoms with E-state index in [4.69, 9.17) is 4.74 Å². The van der Waals surface area contributed by atoms with Crippen LogP contribution in [-0.4, -0.2) is 23.2 Å². The number of hydrogen-bond donors (Lipinski definition) is 1. The zero-order chi connectivity index (χ0) is 20.9. The molecule has 1 heterocycles. The van der Waals surface area contributed by atoms with Gasteiger partial charge in [0.25, 0.3) is 0 Å². The summed E-state index contributed by atoms with van der Waals surface area (Å²) in [5.41, 5.74) is 5.36. The van der Waals surface area contributed by atoms with Gasteiger partial charge in [0.1, 0.15) is 17.7 Å². The Hall–Kier alpha value is -2.92. The van der Waals surface area contributed by atoms with Crippen LogP contribution in [0.15, 0.2) is 72.8 Å². The average Bonchev–Trinajstić information content (AvgIpc) is 3.26. The number of benzene rings is 3. The molecule has 3 aromatic carbocycles. The molecule has 4 nitrogen and oxygen atoms in total. The summed E-state index contributed by atoms with van der Waals surface area (Å²) in [5.74, 6) is 1.72. The normalized spacial score (nSPS) is 15.8. The highest BCUT2D eigenvalue weighted by atomic mass is 32.2. The van der Waals surface area contributed by atoms with Crippen molar-refractivity contribution in [1.29, 1.82) is 0 Å². The molecule has 1 aliphatic heterocycles. The molecule has 1 saturated heterocycles. The third kappa shape index (κ3) is 4.62. The van der Waals surface area contributed by atoms with E-state index in [1.54, 1.807) is 11.8 Å². The molecule has 0 radical (unpaired) electrons. The maximum absolute atomic E-state index is 13.0. The van der Waals surface area contributed by atoms with Gasteiger partial charge in [0.15, 0.2) is 0 Å². The predicted octanol–water partition coefficient (Wildman–Crippen LogP) is 6.16. The van der Waals surface area contributed by atoms with Crippen LogP contribution in [0.4, 0.5) is 10.5 Å². The Balaban J connectivity index is 1.50. The lowest BCUT2D eigenvalue weighted by Gasteiger charge is -2.26. The molecule has 4 rings (SSSR count). The molecule has 1 atom stereocenters. The van der Waals surface area contributed by atoms with Crippen molar-refractivity contribution in [1.82, 2.24) is 4.90 Å². The number of rotatable bonds is 5. The number of nitrogens with zero attached hydrogens (tertiary/aromatic N) is 1. The molecule has 1 N–H and O–H groups in total. The van der Waals surface area contributed by atoms with E-state index in [9.17, 15) is 4.79 Å². The van der Waals surface area contributed by atoms with E-state index in [2.05, 4.69) is 37.4 Å². The lowest BCUT2D eigenvalue weighted by Crippen LogP contribution is -2.34. The minimum absolute atomic E-state index is 0.0662. The lowest BCUT2D eigenvalue weighted by molar-refractivity contribution is 0.213. The second-order valence-corrected chi connectivity index (χ2v) is 8.65. The van der Waals surface area contributed by atoms with Crippen molar-refractivity contribution in [2.45, 2.75) is 25.8 Å². The van der Waals surface area contributed by atoms with Crippen molar-refractivity contribution < 1.29 is 9.53 Å². The number of nitrogens with one attached hydrogen (secondary N) is 1. The van der Waals surface area contributed by atoms with Crippen molar-refractivity contribution in [2.24, 2.45) is 0 Å². The van der Waals surface area contributed by atoms with Crippen LogP contribution in [0.1, 0.15) is 27.6 Å². The maximum Gasteiger partial charge on any atom is 0.323 e. The van der Waals surface area contributed by atoms with Gasteiger partial charge < -0.3 is 15.0 Å². The number of carbonyl (C=O) groups is 1. The summed E-state index contributed by atoms with van der Waals surface area (Å²) in [5, 5.41) is 3.00. The van der Waals surface area contributed by atoms with Gasteiger partial charge in [-0.3, -0.25) is 0 Å². The molecule has 0 spiro atoms. The van der Waals surface area contributed by atoms with Gasteiger partial charge in [-0.1, -0.05) is 54.6 Å². The molecule has 1 fully saturated rings. The Morgan fingerprint density at radius 1 is 1.03 bits per heavy atom. The number of anilines is 1. The van der Waals surface area contributed by atoms with Crippen LogP contribution in [0.3, 0.4) is 0 Å². The molecule has 5 heteroatoms. The van der Waals surface area contributed by atoms with Crippen molar-refractivity contribution in [3.63, 3.8) is 0 Å². The Kier molecular flexibility index (Phi) is 6.29. The minimum atomic E-state index is -0.0777. The van der Waals surface area contributed by atoms with E-state index < -0.39 is 0 Å². The predicted molar refractivity (Wildman–Crippen MR) is 124 cm³/mol. The highest BCUT2D eigenvalue weighted by Crippen LogP contribution is 2.42. The summed E-state index contributed by atoms with van der Waals surface area (Å²) in [6, 6.07) is 24.1. The second kappa shape index (κ2) is 9.26. The molecule has 3 aromatic rings. The fourth-order valence-corrected chi connectivity index (χ4v) is 4.78. The Morgan fingerprint density at radius 2 is 1.80 bits per heavy atom. The highest BCUT2D eigenvalue weighted by Gasteiger charge is 2.32. The Bertz CT molecular complexity index is 1020. The molecule has 1 aliphatic rings. The number of urea groups is 1. The molecule has 154 valence electrons. The van der Waals surface area contributed by atoms with Gasteiger partial charge >= 0.3 is 6.03 Å². The summed E-state index contributed by atoms with van der Waals surface area (Å²) >= 11 is 1.77. The van der Waals surface area contributed by atoms with Gasteiger partial charge in [-0.05, 0) is 48.7 Å². The van der Waals surface area contributed by atoms with Crippen molar-refractivity contribution in [3.8, 4) is 5.75 Å². The van der Waals surface area contributed by atoms with E-state index in [0.717, 1.165) is 28.3 Å². The van der Waals surface area contributed by atoms with Gasteiger partial charge in [-0.15, -0.1) is 11.8 Å². The average molecular weight is 419 g/mol. The van der Waals surface area contributed by atoms with Crippen LogP contribution in [0.2, 0.25) is 0 Å². The second-order valence-electron chi connectivity index (χ2n) is 7.46. The van der Waals surface area contributed by atoms with Crippen LogP contribution in [0, 0.1) is 13.8 Å². The van der Waals surface area contributed by atoms with E-state index in [1.165, 1.54) is 11.1 Å². The van der Waals surface area contributed by atoms with Gasteiger partial charge in [0.2, 0.25) is 0 Å². The molecule has 2 amide bonds. The maximum atomic E-state index is 13.0. The van der Waals surface area contributed by atoms with E-state index in [-0.39, 0.29) is 11.4 Å². The van der Waals surface area contributed by atoms with Crippen LogP contribution in [-0.2, 0) is 6.61 Å². The summed E-state index contributed by atoms with van der Waals surface area (Å²) in [7, 11) is 0. The van der Waals surface area contributed by atoms with Gasteiger partial charge in [0, 0.05) is 23.5 Å². The molecule has 0 unspecified atom stereocenters. The molecule has 0 saturated carbocycles. The molecular weight excluding hydrogens is 392 g/mol. The van der Waals surface area contributed by atoms with Crippen molar-refractivity contribution in [3.05, 3.63) is 95.1 Å². The van der Waals surface area contributed by atoms with E-state index in [0.29, 0.717) is 13.2 Å². The molecular formula is C25H26N2O2S. The molecule has 0 aromatic heterocycles. The first-order chi connectivity index (χ1) is 14.6. The topological polar surface area (TPSA) is 41.6 Å². The van der Waals surface area contributed by atoms with Crippen LogP contribution >= 0.6 is 11.8 Å².